The van der Waals surface area contributed by atoms with E-state index in [4.69, 9.17) is 10.5 Å². The molecule has 112 valence electrons. The van der Waals surface area contributed by atoms with Gasteiger partial charge in [0.25, 0.3) is 0 Å². The van der Waals surface area contributed by atoms with Gasteiger partial charge in [-0.3, -0.25) is 9.69 Å². The van der Waals surface area contributed by atoms with Gasteiger partial charge in [0.15, 0.2) is 0 Å². The average Bonchev–Trinajstić information content (AvgIpc) is 2.45. The summed E-state index contributed by atoms with van der Waals surface area (Å²) in [6, 6.07) is 5.58. The fourth-order valence-corrected chi connectivity index (χ4v) is 2.02. The van der Waals surface area contributed by atoms with E-state index >= 15 is 0 Å². The highest BCUT2D eigenvalue weighted by atomic mass is 16.5. The summed E-state index contributed by atoms with van der Waals surface area (Å²) < 4.78 is 5.22. The summed E-state index contributed by atoms with van der Waals surface area (Å²) in [7, 11) is 1.56. The maximum Gasteiger partial charge on any atom is 0.238 e. The number of amides is 1. The highest BCUT2D eigenvalue weighted by Crippen LogP contribution is 2.26. The molecule has 0 saturated heterocycles. The molecule has 0 radical (unpaired) electrons. The van der Waals surface area contributed by atoms with Crippen LogP contribution >= 0.6 is 0 Å². The molecule has 5 heteroatoms. The Bertz CT molecular complexity index is 449. The molecule has 0 heterocycles. The number of nitrogens with one attached hydrogen (secondary N) is 1. The van der Waals surface area contributed by atoms with Crippen molar-refractivity contribution < 1.29 is 9.53 Å². The molecule has 3 N–H and O–H groups in total. The third-order valence-electron chi connectivity index (χ3n) is 3.47. The molecule has 1 aromatic carbocycles. The first-order chi connectivity index (χ1) is 9.51. The number of hydrogen-bond acceptors (Lipinski definition) is 4. The maximum absolute atomic E-state index is 12.1. The summed E-state index contributed by atoms with van der Waals surface area (Å²) >= 11 is 0. The van der Waals surface area contributed by atoms with Crippen LogP contribution in [0.3, 0.4) is 0 Å². The minimum absolute atomic E-state index is 0.0461. The van der Waals surface area contributed by atoms with Crippen molar-refractivity contribution in [3.05, 3.63) is 18.2 Å². The Morgan fingerprint density at radius 2 is 2.15 bits per heavy atom. The molecule has 5 nitrogen and oxygen atoms in total. The predicted molar refractivity (Wildman–Crippen MR) is 83.0 cm³/mol. The lowest BCUT2D eigenvalue weighted by Crippen LogP contribution is -2.39. The van der Waals surface area contributed by atoms with Crippen LogP contribution < -0.4 is 15.8 Å². The number of ether oxygens (including phenoxy) is 1. The van der Waals surface area contributed by atoms with Gasteiger partial charge in [-0.2, -0.15) is 0 Å². The molecule has 0 fully saturated rings. The number of hydrogen-bond donors (Lipinski definition) is 2. The lowest BCUT2D eigenvalue weighted by atomic mass is 10.2. The normalized spacial score (nSPS) is 12.2. The van der Waals surface area contributed by atoms with Crippen LogP contribution in [0.4, 0.5) is 11.4 Å². The summed E-state index contributed by atoms with van der Waals surface area (Å²) in [5.41, 5.74) is 6.94. The van der Waals surface area contributed by atoms with Gasteiger partial charge in [0, 0.05) is 17.8 Å². The van der Waals surface area contributed by atoms with Crippen LogP contribution in [-0.4, -0.2) is 37.0 Å². The van der Waals surface area contributed by atoms with Gasteiger partial charge in [-0.1, -0.05) is 13.8 Å². The van der Waals surface area contributed by atoms with Crippen LogP contribution in [-0.2, 0) is 4.79 Å². The van der Waals surface area contributed by atoms with Gasteiger partial charge in [-0.15, -0.1) is 0 Å². The predicted octanol–water partition coefficient (Wildman–Crippen LogP) is 2.34. The number of nitrogen functional groups attached to an aromatic ring is 1. The number of nitrogens with zero attached hydrogens (tertiary/aromatic N) is 1. The van der Waals surface area contributed by atoms with Crippen molar-refractivity contribution >= 4 is 17.3 Å². The molecule has 1 unspecified atom stereocenters. The SMILES string of the molecule is CCC(C)N(CC)CC(=O)Nc1ccc(N)cc1OC. The van der Waals surface area contributed by atoms with Crippen molar-refractivity contribution in [1.82, 2.24) is 4.90 Å². The number of carbonyl (C=O) groups is 1. The summed E-state index contributed by atoms with van der Waals surface area (Å²) in [5, 5.41) is 2.87. The highest BCUT2D eigenvalue weighted by Gasteiger charge is 2.15. The van der Waals surface area contributed by atoms with Crippen molar-refractivity contribution in [1.29, 1.82) is 0 Å². The fraction of sp³-hybridized carbons (Fsp3) is 0.533. The number of methoxy groups -OCH3 is 1. The monoisotopic (exact) mass is 279 g/mol. The standard InChI is InChI=1S/C15H25N3O2/c1-5-11(3)18(6-2)10-15(19)17-13-8-7-12(16)9-14(13)20-4/h7-9,11H,5-6,10,16H2,1-4H3,(H,17,19). The zero-order valence-electron chi connectivity index (χ0n) is 12.8. The summed E-state index contributed by atoms with van der Waals surface area (Å²) in [6.45, 7) is 7.53. The van der Waals surface area contributed by atoms with Crippen molar-refractivity contribution in [3.63, 3.8) is 0 Å². The van der Waals surface area contributed by atoms with Crippen LogP contribution in [0.1, 0.15) is 27.2 Å². The average molecular weight is 279 g/mol. The molecule has 0 aliphatic rings. The number of rotatable bonds is 7. The Kier molecular flexibility index (Phi) is 6.31. The van der Waals surface area contributed by atoms with Crippen molar-refractivity contribution in [2.75, 3.05) is 31.2 Å². The molecule has 0 aliphatic heterocycles. The lowest BCUT2D eigenvalue weighted by molar-refractivity contribution is -0.117. The second kappa shape index (κ2) is 7.75. The Morgan fingerprint density at radius 1 is 1.45 bits per heavy atom. The van der Waals surface area contributed by atoms with Crippen LogP contribution in [0, 0.1) is 0 Å². The van der Waals surface area contributed by atoms with E-state index in [1.165, 1.54) is 0 Å². The minimum Gasteiger partial charge on any atom is -0.494 e. The van der Waals surface area contributed by atoms with Gasteiger partial charge in [0.1, 0.15) is 5.75 Å². The zero-order valence-corrected chi connectivity index (χ0v) is 12.8. The van der Waals surface area contributed by atoms with Crippen molar-refractivity contribution in [3.8, 4) is 5.75 Å². The van der Waals surface area contributed by atoms with E-state index in [0.29, 0.717) is 29.7 Å². The topological polar surface area (TPSA) is 67.6 Å². The van der Waals surface area contributed by atoms with Gasteiger partial charge in [0.05, 0.1) is 19.3 Å². The summed E-state index contributed by atoms with van der Waals surface area (Å²) in [5.74, 6) is 0.528. The number of anilines is 2. The third kappa shape index (κ3) is 4.42. The largest absolute Gasteiger partial charge is 0.494 e. The molecular weight excluding hydrogens is 254 g/mol. The van der Waals surface area contributed by atoms with Crippen LogP contribution in [0.25, 0.3) is 0 Å². The minimum atomic E-state index is -0.0461. The molecule has 0 spiro atoms. The quantitative estimate of drug-likeness (QED) is 0.752. The molecule has 1 amide bonds. The first kappa shape index (κ1) is 16.3. The molecule has 0 aliphatic carbocycles. The molecule has 1 atom stereocenters. The lowest BCUT2D eigenvalue weighted by Gasteiger charge is -2.26. The van der Waals surface area contributed by atoms with E-state index in [-0.39, 0.29) is 5.91 Å². The van der Waals surface area contributed by atoms with Crippen LogP contribution in [0.15, 0.2) is 18.2 Å². The summed E-state index contributed by atoms with van der Waals surface area (Å²) in [6.07, 6.45) is 1.02. The highest BCUT2D eigenvalue weighted by molar-refractivity contribution is 5.94. The summed E-state index contributed by atoms with van der Waals surface area (Å²) in [4.78, 5) is 14.3. The van der Waals surface area contributed by atoms with E-state index in [9.17, 15) is 4.79 Å². The molecule has 0 aromatic heterocycles. The second-order valence-electron chi connectivity index (χ2n) is 4.83. The molecular formula is C15H25N3O2. The van der Waals surface area contributed by atoms with E-state index < -0.39 is 0 Å². The Hall–Kier alpha value is -1.75. The van der Waals surface area contributed by atoms with Gasteiger partial charge >= 0.3 is 0 Å². The zero-order chi connectivity index (χ0) is 15.1. The Labute approximate surface area is 121 Å². The first-order valence-electron chi connectivity index (χ1n) is 6.99. The van der Waals surface area contributed by atoms with Gasteiger partial charge in [0.2, 0.25) is 5.91 Å². The third-order valence-corrected chi connectivity index (χ3v) is 3.47. The van der Waals surface area contributed by atoms with Crippen molar-refractivity contribution in [2.24, 2.45) is 0 Å². The van der Waals surface area contributed by atoms with Crippen LogP contribution in [0.5, 0.6) is 5.75 Å². The molecule has 1 aromatic rings. The molecule has 0 saturated carbocycles. The van der Waals surface area contributed by atoms with E-state index in [1.807, 2.05) is 0 Å². The van der Waals surface area contributed by atoms with Gasteiger partial charge < -0.3 is 15.8 Å². The number of benzene rings is 1. The number of likely N-dealkylation sites (N-methyl/N-ethyl adjacent to an activating group) is 1. The van der Waals surface area contributed by atoms with E-state index in [1.54, 1.807) is 25.3 Å². The molecule has 0 bridgehead atoms. The second-order valence-corrected chi connectivity index (χ2v) is 4.83. The van der Waals surface area contributed by atoms with E-state index in [2.05, 4.69) is 31.0 Å². The maximum atomic E-state index is 12.1. The Balaban J connectivity index is 2.71. The molecule has 1 rings (SSSR count). The van der Waals surface area contributed by atoms with Gasteiger partial charge in [-0.25, -0.2) is 0 Å². The Morgan fingerprint density at radius 3 is 2.70 bits per heavy atom. The number of carbonyl (C=O) groups excluding carboxylic acids is 1. The number of nitrogens with two attached hydrogens (primary N) is 1. The van der Waals surface area contributed by atoms with Gasteiger partial charge in [-0.05, 0) is 32.0 Å². The van der Waals surface area contributed by atoms with Crippen LogP contribution in [0.2, 0.25) is 0 Å². The van der Waals surface area contributed by atoms with Crippen molar-refractivity contribution in [2.45, 2.75) is 33.2 Å². The molecule has 20 heavy (non-hydrogen) atoms. The van der Waals surface area contributed by atoms with E-state index in [0.717, 1.165) is 13.0 Å². The smallest absolute Gasteiger partial charge is 0.238 e. The fourth-order valence-electron chi connectivity index (χ4n) is 2.02. The first-order valence-corrected chi connectivity index (χ1v) is 6.99.